The SMILES string of the molecule is Cc1cc(NC2CCOCC2)on1. The molecular weight excluding hydrogens is 168 g/mol. The van der Waals surface area contributed by atoms with Crippen LogP contribution in [0.2, 0.25) is 0 Å². The summed E-state index contributed by atoms with van der Waals surface area (Å²) in [5, 5.41) is 7.11. The zero-order chi connectivity index (χ0) is 9.10. The third-order valence-electron chi connectivity index (χ3n) is 2.20. The van der Waals surface area contributed by atoms with Crippen molar-refractivity contribution in [3.8, 4) is 0 Å². The fraction of sp³-hybridized carbons (Fsp3) is 0.667. The van der Waals surface area contributed by atoms with Crippen LogP contribution in [-0.2, 0) is 4.74 Å². The summed E-state index contributed by atoms with van der Waals surface area (Å²) in [6.07, 6.45) is 2.08. The van der Waals surface area contributed by atoms with Crippen molar-refractivity contribution in [2.24, 2.45) is 0 Å². The van der Waals surface area contributed by atoms with Gasteiger partial charge in [-0.3, -0.25) is 0 Å². The third-order valence-corrected chi connectivity index (χ3v) is 2.20. The van der Waals surface area contributed by atoms with Crippen LogP contribution in [0.15, 0.2) is 10.6 Å². The molecule has 0 aromatic carbocycles. The minimum Gasteiger partial charge on any atom is -0.381 e. The van der Waals surface area contributed by atoms with E-state index in [1.807, 2.05) is 13.0 Å². The van der Waals surface area contributed by atoms with Crippen LogP contribution in [0.5, 0.6) is 0 Å². The minimum absolute atomic E-state index is 0.473. The number of nitrogens with one attached hydrogen (secondary N) is 1. The molecule has 1 aliphatic heterocycles. The van der Waals surface area contributed by atoms with Gasteiger partial charge in [-0.05, 0) is 19.8 Å². The monoisotopic (exact) mass is 182 g/mol. The van der Waals surface area contributed by atoms with Gasteiger partial charge in [0.15, 0.2) is 0 Å². The Morgan fingerprint density at radius 1 is 1.46 bits per heavy atom. The van der Waals surface area contributed by atoms with Crippen molar-refractivity contribution in [1.82, 2.24) is 5.16 Å². The van der Waals surface area contributed by atoms with Crippen LogP contribution in [0.1, 0.15) is 18.5 Å². The Hall–Kier alpha value is -1.03. The van der Waals surface area contributed by atoms with Gasteiger partial charge >= 0.3 is 0 Å². The summed E-state index contributed by atoms with van der Waals surface area (Å²) in [7, 11) is 0. The number of nitrogens with zero attached hydrogens (tertiary/aromatic N) is 1. The molecule has 0 atom stereocenters. The van der Waals surface area contributed by atoms with E-state index >= 15 is 0 Å². The molecule has 0 bridgehead atoms. The van der Waals surface area contributed by atoms with E-state index in [9.17, 15) is 0 Å². The first-order valence-corrected chi connectivity index (χ1v) is 4.62. The predicted molar refractivity (Wildman–Crippen MR) is 48.7 cm³/mol. The van der Waals surface area contributed by atoms with Crippen molar-refractivity contribution < 1.29 is 9.26 Å². The van der Waals surface area contributed by atoms with Gasteiger partial charge in [0.05, 0.1) is 5.69 Å². The van der Waals surface area contributed by atoms with Gasteiger partial charge in [0.2, 0.25) is 5.88 Å². The van der Waals surface area contributed by atoms with Crippen LogP contribution in [0, 0.1) is 6.92 Å². The van der Waals surface area contributed by atoms with Gasteiger partial charge in [-0.2, -0.15) is 0 Å². The van der Waals surface area contributed by atoms with Crippen LogP contribution < -0.4 is 5.32 Å². The molecule has 4 nitrogen and oxygen atoms in total. The van der Waals surface area contributed by atoms with Gasteiger partial charge in [0.1, 0.15) is 0 Å². The number of hydrogen-bond donors (Lipinski definition) is 1. The van der Waals surface area contributed by atoms with Gasteiger partial charge in [0, 0.05) is 25.3 Å². The number of anilines is 1. The Bertz CT molecular complexity index is 266. The molecule has 1 saturated heterocycles. The lowest BCUT2D eigenvalue weighted by Gasteiger charge is -2.22. The first-order chi connectivity index (χ1) is 6.34. The molecule has 1 aromatic heterocycles. The smallest absolute Gasteiger partial charge is 0.225 e. The number of aromatic nitrogens is 1. The van der Waals surface area contributed by atoms with Gasteiger partial charge in [-0.1, -0.05) is 5.16 Å². The Balaban J connectivity index is 1.89. The fourth-order valence-electron chi connectivity index (χ4n) is 1.47. The quantitative estimate of drug-likeness (QED) is 0.754. The topological polar surface area (TPSA) is 47.3 Å². The van der Waals surface area contributed by atoms with E-state index in [4.69, 9.17) is 9.26 Å². The molecule has 0 amide bonds. The third kappa shape index (κ3) is 2.21. The Kier molecular flexibility index (Phi) is 2.49. The molecule has 1 aliphatic rings. The van der Waals surface area contributed by atoms with Gasteiger partial charge in [-0.15, -0.1) is 0 Å². The average Bonchev–Trinajstić information content (AvgIpc) is 2.53. The average molecular weight is 182 g/mol. The zero-order valence-electron chi connectivity index (χ0n) is 7.75. The van der Waals surface area contributed by atoms with Crippen LogP contribution in [0.3, 0.4) is 0 Å². The highest BCUT2D eigenvalue weighted by Gasteiger charge is 2.14. The van der Waals surface area contributed by atoms with E-state index in [1.54, 1.807) is 0 Å². The van der Waals surface area contributed by atoms with Crippen molar-refractivity contribution in [2.45, 2.75) is 25.8 Å². The number of hydrogen-bond acceptors (Lipinski definition) is 4. The van der Waals surface area contributed by atoms with E-state index in [1.165, 1.54) is 0 Å². The summed E-state index contributed by atoms with van der Waals surface area (Å²) in [5.74, 6) is 0.768. The second kappa shape index (κ2) is 3.79. The lowest BCUT2D eigenvalue weighted by Crippen LogP contribution is -2.27. The number of aryl methyl sites for hydroxylation is 1. The molecule has 4 heteroatoms. The Labute approximate surface area is 77.2 Å². The highest BCUT2D eigenvalue weighted by molar-refractivity contribution is 5.32. The molecule has 0 unspecified atom stereocenters. The maximum Gasteiger partial charge on any atom is 0.225 e. The predicted octanol–water partition coefficient (Wildman–Crippen LogP) is 1.57. The molecule has 0 aliphatic carbocycles. The lowest BCUT2D eigenvalue weighted by molar-refractivity contribution is 0.0899. The van der Waals surface area contributed by atoms with Gasteiger partial charge in [0.25, 0.3) is 0 Å². The standard InChI is InChI=1S/C9H14N2O2/c1-7-6-9(13-11-7)10-8-2-4-12-5-3-8/h6,8,10H,2-5H2,1H3. The van der Waals surface area contributed by atoms with Crippen molar-refractivity contribution in [3.63, 3.8) is 0 Å². The molecule has 1 aromatic rings. The van der Waals surface area contributed by atoms with Crippen LogP contribution in [-0.4, -0.2) is 24.4 Å². The molecule has 1 N–H and O–H groups in total. The maximum absolute atomic E-state index is 5.26. The second-order valence-corrected chi connectivity index (χ2v) is 3.36. The highest BCUT2D eigenvalue weighted by Crippen LogP contribution is 2.15. The van der Waals surface area contributed by atoms with Gasteiger partial charge in [-0.25, -0.2) is 0 Å². The summed E-state index contributed by atoms with van der Waals surface area (Å²) in [5.41, 5.74) is 0.912. The highest BCUT2D eigenvalue weighted by atomic mass is 16.5. The first-order valence-electron chi connectivity index (χ1n) is 4.62. The van der Waals surface area contributed by atoms with E-state index < -0.39 is 0 Å². The number of rotatable bonds is 2. The molecule has 13 heavy (non-hydrogen) atoms. The van der Waals surface area contributed by atoms with E-state index in [2.05, 4.69) is 10.5 Å². The van der Waals surface area contributed by atoms with Gasteiger partial charge < -0.3 is 14.6 Å². The molecule has 72 valence electrons. The summed E-state index contributed by atoms with van der Waals surface area (Å²) in [6, 6.07) is 2.39. The first kappa shape index (κ1) is 8.56. The lowest BCUT2D eigenvalue weighted by atomic mass is 10.1. The largest absolute Gasteiger partial charge is 0.381 e. The summed E-state index contributed by atoms with van der Waals surface area (Å²) in [4.78, 5) is 0. The summed E-state index contributed by atoms with van der Waals surface area (Å²) >= 11 is 0. The van der Waals surface area contributed by atoms with E-state index in [0.717, 1.165) is 37.6 Å². The van der Waals surface area contributed by atoms with Crippen LogP contribution in [0.4, 0.5) is 5.88 Å². The Morgan fingerprint density at radius 3 is 2.85 bits per heavy atom. The van der Waals surface area contributed by atoms with E-state index in [-0.39, 0.29) is 0 Å². The van der Waals surface area contributed by atoms with Crippen LogP contribution in [0.25, 0.3) is 0 Å². The van der Waals surface area contributed by atoms with Crippen molar-refractivity contribution in [2.75, 3.05) is 18.5 Å². The van der Waals surface area contributed by atoms with Crippen molar-refractivity contribution in [1.29, 1.82) is 0 Å². The minimum atomic E-state index is 0.473. The maximum atomic E-state index is 5.26. The van der Waals surface area contributed by atoms with E-state index in [0.29, 0.717) is 6.04 Å². The molecule has 1 fully saturated rings. The van der Waals surface area contributed by atoms with Crippen molar-refractivity contribution >= 4 is 5.88 Å². The van der Waals surface area contributed by atoms with Crippen LogP contribution >= 0.6 is 0 Å². The Morgan fingerprint density at radius 2 is 2.23 bits per heavy atom. The molecule has 0 radical (unpaired) electrons. The zero-order valence-corrected chi connectivity index (χ0v) is 7.75. The van der Waals surface area contributed by atoms with Crippen molar-refractivity contribution in [3.05, 3.63) is 11.8 Å². The fourth-order valence-corrected chi connectivity index (χ4v) is 1.47. The summed E-state index contributed by atoms with van der Waals surface area (Å²) < 4.78 is 10.3. The normalized spacial score (nSPS) is 18.8. The molecular formula is C9H14N2O2. The molecule has 0 saturated carbocycles. The second-order valence-electron chi connectivity index (χ2n) is 3.36. The summed E-state index contributed by atoms with van der Waals surface area (Å²) in [6.45, 7) is 3.59. The number of ether oxygens (including phenoxy) is 1. The molecule has 0 spiro atoms. The molecule has 2 heterocycles. The molecule has 2 rings (SSSR count).